The zero-order valence-electron chi connectivity index (χ0n) is 37.0. The van der Waals surface area contributed by atoms with E-state index >= 15 is 0 Å². The van der Waals surface area contributed by atoms with E-state index in [2.05, 4.69) is 86.8 Å². The summed E-state index contributed by atoms with van der Waals surface area (Å²) in [6, 6.07) is -0.738. The van der Waals surface area contributed by atoms with E-state index in [4.69, 9.17) is 14.2 Å². The molecule has 0 aliphatic rings. The molecule has 0 aromatic carbocycles. The molecule has 0 heterocycles. The maximum atomic E-state index is 12.6. The molecule has 0 radical (unpaired) electrons. The summed E-state index contributed by atoms with van der Waals surface area (Å²) in [6.07, 6.45) is 49.4. The average molecular weight is 798 g/mol. The molecule has 0 saturated carbocycles. The van der Waals surface area contributed by atoms with Crippen LogP contribution in [-0.4, -0.2) is 75.5 Å². The Morgan fingerprint density at radius 2 is 1.00 bits per heavy atom. The van der Waals surface area contributed by atoms with Crippen molar-refractivity contribution in [1.29, 1.82) is 0 Å². The first-order valence-electron chi connectivity index (χ1n) is 22.5. The first-order chi connectivity index (χ1) is 27.6. The monoisotopic (exact) mass is 798 g/mol. The van der Waals surface area contributed by atoms with Crippen LogP contribution in [0, 0.1) is 0 Å². The van der Waals surface area contributed by atoms with E-state index < -0.39 is 18.1 Å². The Hall–Kier alpha value is -3.23. The Morgan fingerprint density at radius 1 is 0.544 bits per heavy atom. The van der Waals surface area contributed by atoms with Gasteiger partial charge in [-0.05, 0) is 77.0 Å². The number of esters is 2. The predicted molar refractivity (Wildman–Crippen MR) is 235 cm³/mol. The number of carboxylic acids is 1. The van der Waals surface area contributed by atoms with Crippen molar-refractivity contribution in [3.05, 3.63) is 72.9 Å². The highest BCUT2D eigenvalue weighted by Gasteiger charge is 2.25. The van der Waals surface area contributed by atoms with Crippen LogP contribution in [0.5, 0.6) is 0 Å². The van der Waals surface area contributed by atoms with Crippen LogP contribution < -0.4 is 5.11 Å². The number of hydrogen-bond donors (Lipinski definition) is 0. The molecule has 0 aliphatic heterocycles. The molecular weight excluding hydrogens is 715 g/mol. The molecule has 0 rings (SSSR count). The molecule has 0 bridgehead atoms. The van der Waals surface area contributed by atoms with Crippen molar-refractivity contribution < 1.29 is 38.2 Å². The van der Waals surface area contributed by atoms with Gasteiger partial charge in [0.15, 0.2) is 6.10 Å². The number of unbranched alkanes of at least 4 members (excludes halogenated alkanes) is 13. The fourth-order valence-corrected chi connectivity index (χ4v) is 6.10. The van der Waals surface area contributed by atoms with Gasteiger partial charge in [-0.1, -0.05) is 145 Å². The lowest BCUT2D eigenvalue weighted by molar-refractivity contribution is -0.889. The van der Waals surface area contributed by atoms with Gasteiger partial charge in [0.25, 0.3) is 0 Å². The standard InChI is InChI=1S/C49H83NO7/c1-6-8-10-12-14-16-18-19-20-21-22-23-24-25-26-27-28-30-31-33-35-37-39-47(51)56-44-45(43-55-42-41-46(49(53)54)50(3,4)5)57-48(52)40-38-36-34-32-29-17-15-13-11-9-7-2/h9,11,14-17,19-20,22-23,32,34,45-46H,6-8,10,12-13,18,21,24-31,33,35-44H2,1-5H3/b11-9+,16-14+,17-15+,20-19+,23-22+,34-32+. The van der Waals surface area contributed by atoms with Gasteiger partial charge in [-0.25, -0.2) is 0 Å². The number of likely N-dealkylation sites (N-methyl/N-ethyl adjacent to an activating group) is 1. The second kappa shape index (κ2) is 39.6. The maximum Gasteiger partial charge on any atom is 0.306 e. The summed E-state index contributed by atoms with van der Waals surface area (Å²) in [4.78, 5) is 36.8. The molecule has 2 unspecified atom stereocenters. The van der Waals surface area contributed by atoms with E-state index in [0.717, 1.165) is 64.2 Å². The highest BCUT2D eigenvalue weighted by Crippen LogP contribution is 2.13. The van der Waals surface area contributed by atoms with Crippen LogP contribution in [0.4, 0.5) is 0 Å². The van der Waals surface area contributed by atoms with Crippen molar-refractivity contribution in [3.63, 3.8) is 0 Å². The van der Waals surface area contributed by atoms with Gasteiger partial charge >= 0.3 is 11.9 Å². The molecule has 326 valence electrons. The van der Waals surface area contributed by atoms with Crippen molar-refractivity contribution in [2.24, 2.45) is 0 Å². The van der Waals surface area contributed by atoms with Crippen LogP contribution in [0.25, 0.3) is 0 Å². The molecule has 0 amide bonds. The Kier molecular flexibility index (Phi) is 37.3. The zero-order valence-corrected chi connectivity index (χ0v) is 37.0. The summed E-state index contributed by atoms with van der Waals surface area (Å²) < 4.78 is 17.1. The molecule has 0 spiro atoms. The van der Waals surface area contributed by atoms with Crippen LogP contribution in [0.3, 0.4) is 0 Å². The molecule has 2 atom stereocenters. The van der Waals surface area contributed by atoms with Gasteiger partial charge in [-0.15, -0.1) is 0 Å². The number of quaternary nitrogens is 1. The average Bonchev–Trinajstić information content (AvgIpc) is 3.17. The molecule has 0 aliphatic carbocycles. The second-order valence-corrected chi connectivity index (χ2v) is 15.9. The minimum atomic E-state index is -1.14. The van der Waals surface area contributed by atoms with Gasteiger partial charge in [0.05, 0.1) is 40.3 Å². The van der Waals surface area contributed by atoms with Crippen LogP contribution in [0.1, 0.15) is 168 Å². The normalized spacial score (nSPS) is 13.6. The molecule has 0 aromatic rings. The second-order valence-electron chi connectivity index (χ2n) is 15.9. The van der Waals surface area contributed by atoms with Gasteiger partial charge < -0.3 is 28.6 Å². The lowest BCUT2D eigenvalue weighted by Crippen LogP contribution is -2.55. The van der Waals surface area contributed by atoms with Crippen molar-refractivity contribution in [2.75, 3.05) is 41.0 Å². The van der Waals surface area contributed by atoms with E-state index in [9.17, 15) is 19.5 Å². The van der Waals surface area contributed by atoms with E-state index in [0.29, 0.717) is 12.8 Å². The molecule has 8 nitrogen and oxygen atoms in total. The summed E-state index contributed by atoms with van der Waals surface area (Å²) >= 11 is 0. The van der Waals surface area contributed by atoms with Gasteiger partial charge in [0, 0.05) is 19.3 Å². The van der Waals surface area contributed by atoms with E-state index in [1.54, 1.807) is 21.1 Å². The zero-order chi connectivity index (χ0) is 42.1. The lowest BCUT2D eigenvalue weighted by atomic mass is 10.1. The number of rotatable bonds is 39. The van der Waals surface area contributed by atoms with Crippen molar-refractivity contribution in [3.8, 4) is 0 Å². The Bertz CT molecular complexity index is 1160. The third kappa shape index (κ3) is 38.1. The number of allylic oxidation sites excluding steroid dienone is 12. The van der Waals surface area contributed by atoms with Gasteiger partial charge in [0.2, 0.25) is 0 Å². The van der Waals surface area contributed by atoms with Crippen molar-refractivity contribution in [1.82, 2.24) is 0 Å². The van der Waals surface area contributed by atoms with Crippen LogP contribution in [-0.2, 0) is 28.6 Å². The molecule has 57 heavy (non-hydrogen) atoms. The third-order valence-electron chi connectivity index (χ3n) is 9.58. The Morgan fingerprint density at radius 3 is 1.51 bits per heavy atom. The third-order valence-corrected chi connectivity index (χ3v) is 9.58. The predicted octanol–water partition coefficient (Wildman–Crippen LogP) is 11.0. The number of nitrogens with zero attached hydrogens (tertiary/aromatic N) is 1. The summed E-state index contributed by atoms with van der Waals surface area (Å²) in [5, 5.41) is 11.6. The largest absolute Gasteiger partial charge is 0.544 e. The quantitative estimate of drug-likeness (QED) is 0.0264. The van der Waals surface area contributed by atoms with Crippen molar-refractivity contribution in [2.45, 2.75) is 180 Å². The molecule has 0 fully saturated rings. The molecular formula is C49H83NO7. The fraction of sp³-hybridized carbons (Fsp3) is 0.694. The van der Waals surface area contributed by atoms with Gasteiger partial charge in [-0.2, -0.15) is 0 Å². The molecule has 0 aromatic heterocycles. The summed E-state index contributed by atoms with van der Waals surface area (Å²) in [6.45, 7) is 4.44. The topological polar surface area (TPSA) is 102 Å². The minimum absolute atomic E-state index is 0.0154. The molecule has 0 N–H and O–H groups in total. The Balaban J connectivity index is 4.29. The Labute approximate surface area is 349 Å². The van der Waals surface area contributed by atoms with Crippen LogP contribution in [0.15, 0.2) is 72.9 Å². The number of ether oxygens (including phenoxy) is 3. The summed E-state index contributed by atoms with van der Waals surface area (Å²) in [5.74, 6) is -1.82. The fourth-order valence-electron chi connectivity index (χ4n) is 6.10. The highest BCUT2D eigenvalue weighted by atomic mass is 16.6. The number of aliphatic carboxylic acids is 1. The van der Waals surface area contributed by atoms with E-state index in [-0.39, 0.29) is 49.1 Å². The number of carbonyl (C=O) groups excluding carboxylic acids is 3. The molecule has 8 heteroatoms. The minimum Gasteiger partial charge on any atom is -0.544 e. The van der Waals surface area contributed by atoms with Gasteiger partial charge in [0.1, 0.15) is 12.6 Å². The number of hydrogen-bond acceptors (Lipinski definition) is 7. The first kappa shape index (κ1) is 53.8. The van der Waals surface area contributed by atoms with Crippen molar-refractivity contribution >= 4 is 17.9 Å². The summed E-state index contributed by atoms with van der Waals surface area (Å²) in [7, 11) is 5.38. The number of carbonyl (C=O) groups is 3. The van der Waals surface area contributed by atoms with Crippen LogP contribution >= 0.6 is 0 Å². The highest BCUT2D eigenvalue weighted by molar-refractivity contribution is 5.70. The number of carboxylic acid groups (broad SMARTS) is 1. The molecule has 0 saturated heterocycles. The SMILES string of the molecule is CC/C=C/C/C=C/C/C=C/CCCC(=O)OC(COCCC(C(=O)[O-])[N+](C)(C)C)COC(=O)CCCCCCCCCCC/C=C/C/C=C/C/C=C/CCCCC. The van der Waals surface area contributed by atoms with Gasteiger partial charge in [-0.3, -0.25) is 9.59 Å². The van der Waals surface area contributed by atoms with E-state index in [1.807, 2.05) is 0 Å². The maximum absolute atomic E-state index is 12.6. The van der Waals surface area contributed by atoms with E-state index in [1.165, 1.54) is 64.2 Å². The smallest absolute Gasteiger partial charge is 0.306 e. The summed E-state index contributed by atoms with van der Waals surface area (Å²) in [5.41, 5.74) is 0. The first-order valence-corrected chi connectivity index (χ1v) is 22.5. The lowest BCUT2D eigenvalue weighted by Gasteiger charge is -2.34. The van der Waals surface area contributed by atoms with Crippen LogP contribution in [0.2, 0.25) is 0 Å².